The molecule has 6 heteroatoms. The number of thiophene rings is 1. The summed E-state index contributed by atoms with van der Waals surface area (Å²) in [5.74, 6) is -0.705. The van der Waals surface area contributed by atoms with Gasteiger partial charge in [0.15, 0.2) is 0 Å². The minimum absolute atomic E-state index is 0.202. The van der Waals surface area contributed by atoms with E-state index in [0.29, 0.717) is 11.3 Å². The van der Waals surface area contributed by atoms with Crippen LogP contribution in [0.5, 0.6) is 0 Å². The maximum Gasteiger partial charge on any atom is 0.256 e. The minimum atomic E-state index is -0.432. The van der Waals surface area contributed by atoms with E-state index in [1.807, 2.05) is 0 Å². The summed E-state index contributed by atoms with van der Waals surface area (Å²) in [7, 11) is 0. The fraction of sp³-hybridized carbons (Fsp3) is 0. The van der Waals surface area contributed by atoms with Crippen LogP contribution in [0.2, 0.25) is 0 Å². The summed E-state index contributed by atoms with van der Waals surface area (Å²) in [5, 5.41) is 4.34. The van der Waals surface area contributed by atoms with Crippen LogP contribution in [0.4, 0.5) is 15.8 Å². The van der Waals surface area contributed by atoms with Gasteiger partial charge < -0.3 is 11.1 Å². The van der Waals surface area contributed by atoms with Crippen molar-refractivity contribution in [3.05, 3.63) is 44.8 Å². The zero-order valence-electron chi connectivity index (χ0n) is 8.54. The lowest BCUT2D eigenvalue weighted by molar-refractivity contribution is 0.102. The third kappa shape index (κ3) is 2.83. The van der Waals surface area contributed by atoms with Gasteiger partial charge in [-0.15, -0.1) is 11.3 Å². The third-order valence-corrected chi connectivity index (χ3v) is 3.60. The summed E-state index contributed by atoms with van der Waals surface area (Å²) in [6.45, 7) is 0. The number of anilines is 2. The molecule has 2 rings (SSSR count). The van der Waals surface area contributed by atoms with Gasteiger partial charge in [0.05, 0.1) is 20.7 Å². The summed E-state index contributed by atoms with van der Waals surface area (Å²) >= 11 is 4.69. The van der Waals surface area contributed by atoms with Gasteiger partial charge in [-0.2, -0.15) is 0 Å². The van der Waals surface area contributed by atoms with Crippen LogP contribution >= 0.6 is 27.3 Å². The van der Waals surface area contributed by atoms with Crippen molar-refractivity contribution in [2.24, 2.45) is 0 Å². The fourth-order valence-corrected chi connectivity index (χ4v) is 2.41. The van der Waals surface area contributed by atoms with Crippen molar-refractivity contribution in [1.82, 2.24) is 0 Å². The molecule has 1 heterocycles. The lowest BCUT2D eigenvalue weighted by Gasteiger charge is -2.06. The number of nitrogen functional groups attached to an aromatic ring is 1. The molecule has 0 aliphatic carbocycles. The zero-order chi connectivity index (χ0) is 12.4. The highest BCUT2D eigenvalue weighted by atomic mass is 79.9. The van der Waals surface area contributed by atoms with Crippen molar-refractivity contribution in [1.29, 1.82) is 0 Å². The molecule has 0 saturated carbocycles. The normalized spacial score (nSPS) is 10.2. The Hall–Kier alpha value is -1.40. The Kier molecular flexibility index (Phi) is 3.44. The molecule has 1 aromatic heterocycles. The predicted molar refractivity (Wildman–Crippen MR) is 70.8 cm³/mol. The summed E-state index contributed by atoms with van der Waals surface area (Å²) < 4.78 is 13.7. The van der Waals surface area contributed by atoms with Gasteiger partial charge in [0.1, 0.15) is 5.82 Å². The molecule has 2 aromatic rings. The Morgan fingerprint density at radius 2 is 2.18 bits per heavy atom. The standard InChI is InChI=1S/C11H8BrFN2OS/c12-10-3-6(5-17-10)11(16)15-9-2-1-7(13)4-8(9)14/h1-5H,14H2,(H,15,16). The van der Waals surface area contributed by atoms with E-state index >= 15 is 0 Å². The van der Waals surface area contributed by atoms with Crippen molar-refractivity contribution in [3.8, 4) is 0 Å². The Balaban J connectivity index is 2.18. The molecule has 17 heavy (non-hydrogen) atoms. The lowest BCUT2D eigenvalue weighted by atomic mass is 10.2. The van der Waals surface area contributed by atoms with Gasteiger partial charge >= 0.3 is 0 Å². The molecule has 0 aliphatic heterocycles. The molecule has 0 spiro atoms. The first-order valence-corrected chi connectivity index (χ1v) is 6.34. The van der Waals surface area contributed by atoms with E-state index in [1.54, 1.807) is 11.4 Å². The summed E-state index contributed by atoms with van der Waals surface area (Å²) in [6, 6.07) is 5.55. The summed E-state index contributed by atoms with van der Waals surface area (Å²) in [6.07, 6.45) is 0. The van der Waals surface area contributed by atoms with E-state index in [2.05, 4.69) is 21.2 Å². The molecule has 0 saturated heterocycles. The first-order valence-electron chi connectivity index (χ1n) is 4.66. The second-order valence-corrected chi connectivity index (χ2v) is 5.62. The second-order valence-electron chi connectivity index (χ2n) is 3.33. The SMILES string of the molecule is Nc1cc(F)ccc1NC(=O)c1csc(Br)c1. The predicted octanol–water partition coefficient (Wildman–Crippen LogP) is 3.48. The monoisotopic (exact) mass is 314 g/mol. The van der Waals surface area contributed by atoms with Gasteiger partial charge in [-0.1, -0.05) is 0 Å². The molecule has 0 unspecified atom stereocenters. The Morgan fingerprint density at radius 3 is 2.76 bits per heavy atom. The van der Waals surface area contributed by atoms with Crippen LogP contribution < -0.4 is 11.1 Å². The molecule has 3 N–H and O–H groups in total. The van der Waals surface area contributed by atoms with E-state index < -0.39 is 5.82 Å². The number of carbonyl (C=O) groups is 1. The minimum Gasteiger partial charge on any atom is -0.397 e. The van der Waals surface area contributed by atoms with Crippen LogP contribution in [0, 0.1) is 5.82 Å². The Labute approximate surface area is 110 Å². The van der Waals surface area contributed by atoms with Gasteiger partial charge in [-0.25, -0.2) is 4.39 Å². The molecule has 0 bridgehead atoms. The topological polar surface area (TPSA) is 55.1 Å². The van der Waals surface area contributed by atoms with Crippen LogP contribution in [0.25, 0.3) is 0 Å². The fourth-order valence-electron chi connectivity index (χ4n) is 1.27. The van der Waals surface area contributed by atoms with E-state index in [0.717, 1.165) is 3.79 Å². The highest BCUT2D eigenvalue weighted by molar-refractivity contribution is 9.11. The molecule has 0 atom stereocenters. The highest BCUT2D eigenvalue weighted by Crippen LogP contribution is 2.23. The number of amides is 1. The molecular formula is C11H8BrFN2OS. The number of hydrogen-bond donors (Lipinski definition) is 2. The van der Waals surface area contributed by atoms with Crippen LogP contribution in [-0.2, 0) is 0 Å². The third-order valence-electron chi connectivity index (χ3n) is 2.09. The zero-order valence-corrected chi connectivity index (χ0v) is 10.9. The maximum atomic E-state index is 12.8. The van der Waals surface area contributed by atoms with Gasteiger partial charge in [0.2, 0.25) is 0 Å². The first-order chi connectivity index (χ1) is 8.06. The van der Waals surface area contributed by atoms with Crippen molar-refractivity contribution in [2.45, 2.75) is 0 Å². The number of carbonyl (C=O) groups excluding carboxylic acids is 1. The second kappa shape index (κ2) is 4.85. The van der Waals surface area contributed by atoms with E-state index in [-0.39, 0.29) is 11.6 Å². The molecule has 0 aliphatic rings. The Morgan fingerprint density at radius 1 is 1.41 bits per heavy atom. The van der Waals surface area contributed by atoms with E-state index in [1.165, 1.54) is 29.5 Å². The summed E-state index contributed by atoms with van der Waals surface area (Å²) in [4.78, 5) is 11.8. The van der Waals surface area contributed by atoms with E-state index in [4.69, 9.17) is 5.73 Å². The molecule has 1 amide bonds. The largest absolute Gasteiger partial charge is 0.397 e. The van der Waals surface area contributed by atoms with Crippen LogP contribution in [0.1, 0.15) is 10.4 Å². The van der Waals surface area contributed by atoms with Crippen molar-refractivity contribution < 1.29 is 9.18 Å². The lowest BCUT2D eigenvalue weighted by Crippen LogP contribution is -2.12. The first kappa shape index (κ1) is 12.1. The molecule has 3 nitrogen and oxygen atoms in total. The summed E-state index contributed by atoms with van der Waals surface area (Å²) in [5.41, 5.74) is 6.73. The highest BCUT2D eigenvalue weighted by Gasteiger charge is 2.10. The van der Waals surface area contributed by atoms with E-state index in [9.17, 15) is 9.18 Å². The number of rotatable bonds is 2. The smallest absolute Gasteiger partial charge is 0.256 e. The molecule has 0 fully saturated rings. The van der Waals surface area contributed by atoms with Crippen LogP contribution in [-0.4, -0.2) is 5.91 Å². The quantitative estimate of drug-likeness (QED) is 0.834. The number of benzene rings is 1. The van der Waals surface area contributed by atoms with Crippen LogP contribution in [0.15, 0.2) is 33.4 Å². The Bertz CT molecular complexity index is 570. The number of halogens is 2. The van der Waals surface area contributed by atoms with Crippen molar-refractivity contribution >= 4 is 44.5 Å². The van der Waals surface area contributed by atoms with Crippen molar-refractivity contribution in [3.63, 3.8) is 0 Å². The number of nitrogens with one attached hydrogen (secondary N) is 1. The van der Waals surface area contributed by atoms with Gasteiger partial charge in [0.25, 0.3) is 5.91 Å². The van der Waals surface area contributed by atoms with Gasteiger partial charge in [-0.3, -0.25) is 4.79 Å². The average molecular weight is 315 g/mol. The molecule has 88 valence electrons. The van der Waals surface area contributed by atoms with Crippen molar-refractivity contribution in [2.75, 3.05) is 11.1 Å². The molecule has 0 radical (unpaired) electrons. The molecular weight excluding hydrogens is 307 g/mol. The number of nitrogens with two attached hydrogens (primary N) is 1. The van der Waals surface area contributed by atoms with Crippen LogP contribution in [0.3, 0.4) is 0 Å². The van der Waals surface area contributed by atoms with Gasteiger partial charge in [0, 0.05) is 5.38 Å². The maximum absolute atomic E-state index is 12.8. The number of hydrogen-bond acceptors (Lipinski definition) is 3. The molecule has 1 aromatic carbocycles. The average Bonchev–Trinajstić information content (AvgIpc) is 2.69. The van der Waals surface area contributed by atoms with Gasteiger partial charge in [-0.05, 0) is 40.2 Å².